The molecule has 57 heavy (non-hydrogen) atoms. The van der Waals surface area contributed by atoms with Crippen molar-refractivity contribution in [1.82, 2.24) is 9.97 Å². The molecule has 0 N–H and O–H groups in total. The second kappa shape index (κ2) is 20.7. The van der Waals surface area contributed by atoms with Gasteiger partial charge in [0.05, 0.1) is 11.5 Å². The quantitative estimate of drug-likeness (QED) is 0.0424. The summed E-state index contributed by atoms with van der Waals surface area (Å²) in [5.74, 6) is 0.991. The largest absolute Gasteiger partial charge is 0.492 e. The van der Waals surface area contributed by atoms with Crippen LogP contribution in [0.4, 0.5) is 0 Å². The summed E-state index contributed by atoms with van der Waals surface area (Å²) in [6.07, 6.45) is 24.2. The Labute approximate surface area is 368 Å². The highest BCUT2D eigenvalue weighted by atomic mass is 32.1. The van der Waals surface area contributed by atoms with Crippen LogP contribution in [0, 0.1) is 20.8 Å². The molecule has 0 saturated heterocycles. The van der Waals surface area contributed by atoms with Crippen LogP contribution in [0.25, 0.3) is 48.9 Å². The first kappa shape index (κ1) is 43.4. The molecule has 0 fully saturated rings. The van der Waals surface area contributed by atoms with Crippen LogP contribution < -0.4 is 15.1 Å². The van der Waals surface area contributed by atoms with Crippen LogP contribution in [0.3, 0.4) is 0 Å². The van der Waals surface area contributed by atoms with Crippen LogP contribution in [0.1, 0.15) is 152 Å². The number of hydrogen-bond acceptors (Lipinski definition) is 9. The van der Waals surface area contributed by atoms with Gasteiger partial charge in [0, 0.05) is 29.3 Å². The van der Waals surface area contributed by atoms with Gasteiger partial charge in [0.1, 0.15) is 28.7 Å². The van der Waals surface area contributed by atoms with Crippen molar-refractivity contribution in [2.24, 2.45) is 0 Å². The number of hydrogen-bond donors (Lipinski definition) is 0. The average molecular weight is 894 g/mol. The number of nitrogens with zero attached hydrogens (tertiary/aromatic N) is 2. The highest BCUT2D eigenvalue weighted by molar-refractivity contribution is 7.34. The van der Waals surface area contributed by atoms with Gasteiger partial charge in [-0.3, -0.25) is 0 Å². The summed E-state index contributed by atoms with van der Waals surface area (Å²) in [6, 6.07) is 12.8. The summed E-state index contributed by atoms with van der Waals surface area (Å²) in [5, 5.41) is 5.73. The summed E-state index contributed by atoms with van der Waals surface area (Å²) in [5.41, 5.74) is 1.33. The fourth-order valence-electron chi connectivity index (χ4n) is 8.76. The summed E-state index contributed by atoms with van der Waals surface area (Å²) >= 11 is 11.4. The maximum Gasteiger partial charge on any atom is 0.155 e. The number of thiazole rings is 2. The minimum Gasteiger partial charge on any atom is -0.492 e. The van der Waals surface area contributed by atoms with E-state index in [1.807, 2.05) is 11.3 Å². The Balaban J connectivity index is 1.10. The normalized spacial score (nSPS) is 13.3. The van der Waals surface area contributed by atoms with E-state index in [0.29, 0.717) is 0 Å². The average Bonchev–Trinajstić information content (AvgIpc) is 4.05. The number of ether oxygens (including phenoxy) is 1. The smallest absolute Gasteiger partial charge is 0.155 e. The topological polar surface area (TPSA) is 35.0 Å². The minimum absolute atomic E-state index is 0.778. The predicted molar refractivity (Wildman–Crippen MR) is 263 cm³/mol. The van der Waals surface area contributed by atoms with Crippen LogP contribution >= 0.6 is 68.0 Å². The number of unbranched alkanes of at least 4 members (excludes halogenated alkanes) is 15. The van der Waals surface area contributed by atoms with Gasteiger partial charge in [-0.15, -0.1) is 45.3 Å². The molecule has 3 nitrogen and oxygen atoms in total. The van der Waals surface area contributed by atoms with E-state index in [1.165, 1.54) is 151 Å². The van der Waals surface area contributed by atoms with Gasteiger partial charge < -0.3 is 4.74 Å². The van der Waals surface area contributed by atoms with Gasteiger partial charge in [-0.2, -0.15) is 0 Å². The number of aryl methyl sites for hydroxylation is 3. The van der Waals surface area contributed by atoms with E-state index >= 15 is 0 Å². The van der Waals surface area contributed by atoms with Crippen molar-refractivity contribution < 1.29 is 4.74 Å². The summed E-state index contributed by atoms with van der Waals surface area (Å²) in [4.78, 5) is 23.9. The van der Waals surface area contributed by atoms with Gasteiger partial charge in [0.15, 0.2) is 9.66 Å². The van der Waals surface area contributed by atoms with Crippen LogP contribution in [0.2, 0.25) is 12.1 Å². The molecule has 0 spiro atoms. The van der Waals surface area contributed by atoms with Crippen molar-refractivity contribution in [3.05, 3.63) is 39.6 Å². The molecule has 7 rings (SSSR count). The predicted octanol–water partition coefficient (Wildman–Crippen LogP) is 16.9. The van der Waals surface area contributed by atoms with Gasteiger partial charge in [-0.25, -0.2) is 9.97 Å². The molecule has 0 aromatic carbocycles. The van der Waals surface area contributed by atoms with Crippen molar-refractivity contribution >= 4 is 96.1 Å². The van der Waals surface area contributed by atoms with Crippen molar-refractivity contribution in [3.8, 4) is 45.0 Å². The van der Waals surface area contributed by atoms with Gasteiger partial charge in [0.2, 0.25) is 0 Å². The molecule has 6 aromatic heterocycles. The molecule has 0 aliphatic carbocycles. The minimum atomic E-state index is -1.84. The first-order valence-electron chi connectivity index (χ1n) is 22.2. The molecule has 0 amide bonds. The third-order valence-electron chi connectivity index (χ3n) is 11.8. The van der Waals surface area contributed by atoms with Crippen LogP contribution in [-0.4, -0.2) is 24.6 Å². The van der Waals surface area contributed by atoms with Crippen LogP contribution in [0.15, 0.2) is 24.3 Å². The number of thiophene rings is 4. The first-order valence-corrected chi connectivity index (χ1v) is 29.5. The van der Waals surface area contributed by atoms with Crippen molar-refractivity contribution in [3.63, 3.8) is 0 Å². The summed E-state index contributed by atoms with van der Waals surface area (Å²) in [7, 11) is -1.84. The lowest BCUT2D eigenvalue weighted by Crippen LogP contribution is -2.54. The Hall–Kier alpha value is -1.66. The molecule has 1 aliphatic rings. The monoisotopic (exact) mass is 892 g/mol. The Morgan fingerprint density at radius 2 is 0.947 bits per heavy atom. The van der Waals surface area contributed by atoms with E-state index in [2.05, 4.69) is 88.5 Å². The maximum atomic E-state index is 6.34. The van der Waals surface area contributed by atoms with Crippen molar-refractivity contribution in [2.75, 3.05) is 6.61 Å². The third-order valence-corrected chi connectivity index (χ3v) is 24.6. The lowest BCUT2D eigenvalue weighted by molar-refractivity contribution is 0.306. The summed E-state index contributed by atoms with van der Waals surface area (Å²) in [6.45, 7) is 14.5. The first-order chi connectivity index (χ1) is 27.8. The Bertz CT molecular complexity index is 2130. The number of rotatable bonds is 25. The molecule has 10 heteroatoms. The fraction of sp³-hybridized carbons (Fsp3) is 0.574. The molecular weight excluding hydrogens is 829 g/mol. The Kier molecular flexibility index (Phi) is 15.8. The Morgan fingerprint density at radius 3 is 1.58 bits per heavy atom. The van der Waals surface area contributed by atoms with Gasteiger partial charge in [-0.1, -0.05) is 153 Å². The molecular formula is C47H64N2OS6Si. The van der Waals surface area contributed by atoms with E-state index < -0.39 is 8.07 Å². The van der Waals surface area contributed by atoms with Gasteiger partial charge >= 0.3 is 0 Å². The second-order valence-corrected chi connectivity index (χ2v) is 27.3. The zero-order valence-corrected chi connectivity index (χ0v) is 41.3. The fourth-order valence-corrected chi connectivity index (χ4v) is 22.6. The lowest BCUT2D eigenvalue weighted by atomic mass is 10.1. The highest BCUT2D eigenvalue weighted by Crippen LogP contribution is 2.49. The van der Waals surface area contributed by atoms with E-state index in [0.717, 1.165) is 43.3 Å². The number of aromatic nitrogens is 2. The molecule has 7 heterocycles. The van der Waals surface area contributed by atoms with Crippen LogP contribution in [-0.2, 0) is 0 Å². The van der Waals surface area contributed by atoms with Gasteiger partial charge in [0.25, 0.3) is 0 Å². The molecule has 0 atom stereocenters. The third kappa shape index (κ3) is 10.1. The number of fused-ring (bicyclic) bond motifs is 4. The zero-order chi connectivity index (χ0) is 39.8. The maximum absolute atomic E-state index is 6.34. The highest BCUT2D eigenvalue weighted by Gasteiger charge is 2.47. The van der Waals surface area contributed by atoms with E-state index in [-0.39, 0.29) is 0 Å². The van der Waals surface area contributed by atoms with E-state index in [4.69, 9.17) is 14.7 Å². The second-order valence-electron chi connectivity index (χ2n) is 16.5. The standard InChI is InChI=1S/C47H64N2OS6Si/c1-7-10-13-16-19-22-25-50-35-29-33(5)51-41(35)45-49-47-46(56-45)48-44(55-47)40-32(4)28-36(53-40)37-31-39-43(54-37)42-38(30-34(6)52-42)57(39,26-23-20-17-14-11-8-2)27-24-21-18-15-12-9-3/h28-31H,7-27H2,1-6H3. The summed E-state index contributed by atoms with van der Waals surface area (Å²) < 4.78 is 6.34. The SMILES string of the molecule is CCCCCCCCOc1cc(C)sc1-c1nc2sc(-c3sc(-c4cc5c(s4)-c4sc(C)cc4[Si]5(CCCCCCCC)CCCCCCCC)cc3C)nc2s1. The molecule has 0 saturated carbocycles. The molecule has 0 unspecified atom stereocenters. The Morgan fingerprint density at radius 1 is 0.474 bits per heavy atom. The molecule has 308 valence electrons. The zero-order valence-electron chi connectivity index (χ0n) is 35.4. The lowest BCUT2D eigenvalue weighted by Gasteiger charge is -2.29. The molecule has 0 bridgehead atoms. The van der Waals surface area contributed by atoms with Crippen LogP contribution in [0.5, 0.6) is 5.75 Å². The van der Waals surface area contributed by atoms with E-state index in [1.54, 1.807) is 54.1 Å². The molecule has 0 radical (unpaired) electrons. The van der Waals surface area contributed by atoms with Gasteiger partial charge in [-0.05, 0) is 79.5 Å². The molecule has 6 aromatic rings. The molecule has 1 aliphatic heterocycles. The van der Waals surface area contributed by atoms with E-state index in [9.17, 15) is 0 Å². The van der Waals surface area contributed by atoms with Crippen molar-refractivity contribution in [2.45, 2.75) is 169 Å². The van der Waals surface area contributed by atoms with Crippen molar-refractivity contribution in [1.29, 1.82) is 0 Å².